The second-order valence-electron chi connectivity index (χ2n) is 8.11. The number of ether oxygens (including phenoxy) is 1. The summed E-state index contributed by atoms with van der Waals surface area (Å²) in [5.74, 6) is 1.06. The molecular formula is C26H23Cl3N2O2. The molecule has 0 fully saturated rings. The van der Waals surface area contributed by atoms with Crippen LogP contribution >= 0.6 is 34.8 Å². The molecule has 0 spiro atoms. The van der Waals surface area contributed by atoms with Crippen molar-refractivity contribution in [1.82, 2.24) is 4.90 Å². The number of halogens is 3. The number of amides is 1. The van der Waals surface area contributed by atoms with Crippen molar-refractivity contribution in [2.75, 3.05) is 6.61 Å². The lowest BCUT2D eigenvalue weighted by atomic mass is 9.71. The number of benzene rings is 3. The highest BCUT2D eigenvalue weighted by Crippen LogP contribution is 2.53. The smallest absolute Gasteiger partial charge is 0.322 e. The van der Waals surface area contributed by atoms with Gasteiger partial charge in [0.05, 0.1) is 12.2 Å². The lowest BCUT2D eigenvalue weighted by Crippen LogP contribution is -2.53. The first kappa shape index (κ1) is 23.6. The molecule has 0 radical (unpaired) electrons. The number of carbonyl (C=O) groups excluding carboxylic acids is 1. The molecule has 1 aliphatic heterocycles. The van der Waals surface area contributed by atoms with Gasteiger partial charge < -0.3 is 4.74 Å². The maximum Gasteiger partial charge on any atom is 0.322 e. The number of aliphatic imine (C=N–C) groups is 1. The van der Waals surface area contributed by atoms with Gasteiger partial charge in [0.15, 0.2) is 0 Å². The van der Waals surface area contributed by atoms with Crippen molar-refractivity contribution in [3.05, 3.63) is 99.5 Å². The van der Waals surface area contributed by atoms with Gasteiger partial charge in [-0.25, -0.2) is 0 Å². The first-order chi connectivity index (χ1) is 15.7. The minimum absolute atomic E-state index is 0.439. The molecule has 0 saturated carbocycles. The molecule has 1 amide bonds. The fraction of sp³-hybridized carbons (Fsp3) is 0.231. The Bertz CT molecular complexity index is 1210. The summed E-state index contributed by atoms with van der Waals surface area (Å²) in [6.45, 7) is 6.34. The van der Waals surface area contributed by atoms with Crippen LogP contribution in [0.25, 0.3) is 0 Å². The second kappa shape index (κ2) is 9.02. The van der Waals surface area contributed by atoms with Crippen molar-refractivity contribution in [1.29, 1.82) is 0 Å². The van der Waals surface area contributed by atoms with E-state index < -0.39 is 16.4 Å². The monoisotopic (exact) mass is 500 g/mol. The summed E-state index contributed by atoms with van der Waals surface area (Å²) < 4.78 is 5.86. The Morgan fingerprint density at radius 2 is 1.45 bits per heavy atom. The molecule has 0 unspecified atom stereocenters. The summed E-state index contributed by atoms with van der Waals surface area (Å²) in [4.78, 5) is 19.8. The number of hydrogen-bond acceptors (Lipinski definition) is 3. The number of amidine groups is 1. The number of para-hydroxylation sites is 1. The lowest BCUT2D eigenvalue weighted by Gasteiger charge is -2.44. The van der Waals surface area contributed by atoms with E-state index >= 15 is 0 Å². The maximum atomic E-state index is 13.1. The minimum Gasteiger partial charge on any atom is -0.493 e. The summed E-state index contributed by atoms with van der Waals surface area (Å²) in [6.07, 6.45) is 0. The van der Waals surface area contributed by atoms with Gasteiger partial charge in [0.1, 0.15) is 22.7 Å². The van der Waals surface area contributed by atoms with E-state index in [9.17, 15) is 4.79 Å². The Balaban J connectivity index is 2.03. The summed E-state index contributed by atoms with van der Waals surface area (Å²) in [7, 11) is 0. The van der Waals surface area contributed by atoms with Gasteiger partial charge in [-0.2, -0.15) is 0 Å². The molecule has 2 atom stereocenters. The molecule has 170 valence electrons. The standard InChI is InChI=1S/C26H23Cl3N2O2/c1-4-33-22-8-6-5-7-21(22)23-30-25(2,17-9-13-19(27)14-10-17)26(3,31(23)24(29)32)18-11-15-20(28)16-12-18/h5-16H,4H2,1-3H3/t25-,26+/m0/s1. The molecule has 1 aliphatic rings. The Hall–Kier alpha value is -2.53. The average Bonchev–Trinajstić information content (AvgIpc) is 3.04. The third kappa shape index (κ3) is 3.90. The van der Waals surface area contributed by atoms with E-state index in [-0.39, 0.29) is 0 Å². The second-order valence-corrected chi connectivity index (χ2v) is 9.31. The Labute approximate surface area is 208 Å². The summed E-state index contributed by atoms with van der Waals surface area (Å²) in [6, 6.07) is 22.4. The van der Waals surface area contributed by atoms with Gasteiger partial charge in [0, 0.05) is 10.0 Å². The van der Waals surface area contributed by atoms with E-state index in [0.29, 0.717) is 33.8 Å². The molecule has 3 aromatic carbocycles. The fourth-order valence-corrected chi connectivity index (χ4v) is 4.98. The highest BCUT2D eigenvalue weighted by molar-refractivity contribution is 6.64. The van der Waals surface area contributed by atoms with Crippen LogP contribution in [-0.4, -0.2) is 22.7 Å². The number of carbonyl (C=O) groups is 1. The summed E-state index contributed by atoms with van der Waals surface area (Å²) in [5.41, 5.74) is 0.539. The number of hydrogen-bond donors (Lipinski definition) is 0. The molecule has 1 heterocycles. The Morgan fingerprint density at radius 3 is 2.00 bits per heavy atom. The van der Waals surface area contributed by atoms with E-state index in [1.807, 2.05) is 81.4 Å². The predicted molar refractivity (Wildman–Crippen MR) is 135 cm³/mol. The molecule has 0 saturated heterocycles. The third-order valence-corrected chi connectivity index (χ3v) is 7.03. The van der Waals surface area contributed by atoms with Crippen LogP contribution in [0.5, 0.6) is 5.75 Å². The molecule has 0 aliphatic carbocycles. The SMILES string of the molecule is CCOc1ccccc1C1=N[C@@](C)(c2ccc(Cl)cc2)[C@@](C)(c2ccc(Cl)cc2)N1C(=O)Cl. The first-order valence-corrected chi connectivity index (χ1v) is 11.7. The van der Waals surface area contributed by atoms with E-state index in [1.165, 1.54) is 0 Å². The Kier molecular flexibility index (Phi) is 6.45. The average molecular weight is 502 g/mol. The van der Waals surface area contributed by atoms with Crippen LogP contribution in [0, 0.1) is 0 Å². The fourth-order valence-electron chi connectivity index (χ4n) is 4.48. The van der Waals surface area contributed by atoms with Crippen LogP contribution in [0.2, 0.25) is 10.0 Å². The quantitative estimate of drug-likeness (QED) is 0.266. The molecule has 4 rings (SSSR count). The van der Waals surface area contributed by atoms with Crippen molar-refractivity contribution in [2.24, 2.45) is 4.99 Å². The van der Waals surface area contributed by atoms with Gasteiger partial charge in [-0.05, 0) is 79.9 Å². The van der Waals surface area contributed by atoms with Crippen LogP contribution in [-0.2, 0) is 11.1 Å². The highest BCUT2D eigenvalue weighted by atomic mass is 35.5. The molecule has 0 N–H and O–H groups in total. The van der Waals surface area contributed by atoms with Crippen molar-refractivity contribution >= 4 is 46.0 Å². The van der Waals surface area contributed by atoms with Crippen LogP contribution in [0.15, 0.2) is 77.8 Å². The number of rotatable bonds is 5. The van der Waals surface area contributed by atoms with E-state index in [2.05, 4.69) is 0 Å². The number of nitrogens with zero attached hydrogens (tertiary/aromatic N) is 2. The largest absolute Gasteiger partial charge is 0.493 e. The molecular weight excluding hydrogens is 479 g/mol. The van der Waals surface area contributed by atoms with Crippen LogP contribution in [0.4, 0.5) is 4.79 Å². The minimum atomic E-state index is -0.973. The molecule has 4 nitrogen and oxygen atoms in total. The van der Waals surface area contributed by atoms with Gasteiger partial charge in [0.2, 0.25) is 0 Å². The molecule has 0 bridgehead atoms. The van der Waals surface area contributed by atoms with E-state index in [4.69, 9.17) is 44.5 Å². The molecule has 7 heteroatoms. The van der Waals surface area contributed by atoms with Crippen molar-refractivity contribution < 1.29 is 9.53 Å². The molecule has 33 heavy (non-hydrogen) atoms. The summed E-state index contributed by atoms with van der Waals surface area (Å²) in [5, 5.41) is 0.569. The van der Waals surface area contributed by atoms with Gasteiger partial charge in [-0.1, -0.05) is 59.6 Å². The third-order valence-electron chi connectivity index (χ3n) is 6.35. The van der Waals surface area contributed by atoms with E-state index in [0.717, 1.165) is 11.1 Å². The van der Waals surface area contributed by atoms with Crippen molar-refractivity contribution in [2.45, 2.75) is 31.8 Å². The van der Waals surface area contributed by atoms with Crippen molar-refractivity contribution in [3.63, 3.8) is 0 Å². The van der Waals surface area contributed by atoms with Crippen LogP contribution < -0.4 is 4.74 Å². The van der Waals surface area contributed by atoms with Gasteiger partial charge in [0.25, 0.3) is 0 Å². The predicted octanol–water partition coefficient (Wildman–Crippen LogP) is 7.64. The molecule has 3 aromatic rings. The zero-order chi connectivity index (χ0) is 23.8. The van der Waals surface area contributed by atoms with Crippen LogP contribution in [0.1, 0.15) is 37.5 Å². The van der Waals surface area contributed by atoms with Gasteiger partial charge in [-0.3, -0.25) is 14.7 Å². The van der Waals surface area contributed by atoms with Gasteiger partial charge in [-0.15, -0.1) is 0 Å². The summed E-state index contributed by atoms with van der Waals surface area (Å²) >= 11 is 18.6. The zero-order valence-corrected chi connectivity index (χ0v) is 20.7. The lowest BCUT2D eigenvalue weighted by molar-refractivity contribution is 0.149. The highest BCUT2D eigenvalue weighted by Gasteiger charge is 2.59. The van der Waals surface area contributed by atoms with Gasteiger partial charge >= 0.3 is 5.37 Å². The maximum absolute atomic E-state index is 13.1. The Morgan fingerprint density at radius 1 is 0.909 bits per heavy atom. The topological polar surface area (TPSA) is 41.9 Å². The normalized spacial score (nSPS) is 22.2. The first-order valence-electron chi connectivity index (χ1n) is 10.6. The van der Waals surface area contributed by atoms with Crippen LogP contribution in [0.3, 0.4) is 0 Å². The molecule has 0 aromatic heterocycles. The van der Waals surface area contributed by atoms with E-state index in [1.54, 1.807) is 17.0 Å². The zero-order valence-electron chi connectivity index (χ0n) is 18.5. The van der Waals surface area contributed by atoms with Crippen molar-refractivity contribution in [3.8, 4) is 5.75 Å².